The number of ether oxygens (including phenoxy) is 1. The molecule has 2 fully saturated rings. The van der Waals surface area contributed by atoms with Crippen molar-refractivity contribution in [3.05, 3.63) is 28.8 Å². The Morgan fingerprint density at radius 1 is 1.11 bits per heavy atom. The zero-order chi connectivity index (χ0) is 19.6. The van der Waals surface area contributed by atoms with Crippen LogP contribution in [0.4, 0.5) is 0 Å². The molecule has 2 aliphatic heterocycles. The van der Waals surface area contributed by atoms with Gasteiger partial charge in [-0.05, 0) is 43.9 Å². The number of nitrogens with zero attached hydrogens (tertiary/aromatic N) is 2. The van der Waals surface area contributed by atoms with E-state index in [1.54, 1.807) is 0 Å². The lowest BCUT2D eigenvalue weighted by Gasteiger charge is -2.32. The third kappa shape index (κ3) is 4.12. The van der Waals surface area contributed by atoms with E-state index in [0.29, 0.717) is 12.8 Å². The van der Waals surface area contributed by atoms with Gasteiger partial charge in [-0.15, -0.1) is 0 Å². The van der Waals surface area contributed by atoms with Gasteiger partial charge in [-0.25, -0.2) is 13.2 Å². The number of sulfonamides is 1. The van der Waals surface area contributed by atoms with Crippen LogP contribution in [0.3, 0.4) is 0 Å². The smallest absolute Gasteiger partial charge is 0.337 e. The lowest BCUT2D eigenvalue weighted by atomic mass is 9.97. The second kappa shape index (κ2) is 8.16. The van der Waals surface area contributed by atoms with Crippen LogP contribution in [0.1, 0.15) is 36.0 Å². The Morgan fingerprint density at radius 3 is 2.30 bits per heavy atom. The molecule has 1 amide bonds. The van der Waals surface area contributed by atoms with E-state index in [1.807, 2.05) is 4.90 Å². The second-order valence-electron chi connectivity index (χ2n) is 6.85. The highest BCUT2D eigenvalue weighted by Crippen LogP contribution is 2.30. The van der Waals surface area contributed by atoms with Crippen molar-refractivity contribution in [3.63, 3.8) is 0 Å². The largest absolute Gasteiger partial charge is 0.465 e. The Balaban J connectivity index is 1.69. The molecule has 0 spiro atoms. The minimum Gasteiger partial charge on any atom is -0.465 e. The Kier molecular flexibility index (Phi) is 6.08. The molecule has 3 rings (SSSR count). The molecule has 2 saturated heterocycles. The van der Waals surface area contributed by atoms with Gasteiger partial charge in [0, 0.05) is 32.1 Å². The van der Waals surface area contributed by atoms with Gasteiger partial charge >= 0.3 is 5.97 Å². The topological polar surface area (TPSA) is 84.0 Å². The summed E-state index contributed by atoms with van der Waals surface area (Å²) in [4.78, 5) is 25.9. The van der Waals surface area contributed by atoms with Gasteiger partial charge in [0.25, 0.3) is 0 Å². The predicted molar refractivity (Wildman–Crippen MR) is 100 cm³/mol. The molecule has 27 heavy (non-hydrogen) atoms. The number of benzene rings is 1. The molecule has 0 atom stereocenters. The summed E-state index contributed by atoms with van der Waals surface area (Å²) in [5, 5.41) is -0.0202. The number of esters is 1. The highest BCUT2D eigenvalue weighted by molar-refractivity contribution is 7.89. The third-order valence-corrected chi connectivity index (χ3v) is 7.57. The minimum absolute atomic E-state index is 0.0202. The fourth-order valence-electron chi connectivity index (χ4n) is 3.63. The normalized spacial score (nSPS) is 19.3. The number of methoxy groups -OCH3 is 1. The molecule has 0 aromatic heterocycles. The summed E-state index contributed by atoms with van der Waals surface area (Å²) in [7, 11) is -2.54. The molecule has 7 nitrogen and oxygen atoms in total. The molecule has 0 N–H and O–H groups in total. The predicted octanol–water partition coefficient (Wildman–Crippen LogP) is 2.15. The molecule has 1 aromatic rings. The van der Waals surface area contributed by atoms with Gasteiger partial charge in [0.15, 0.2) is 0 Å². The van der Waals surface area contributed by atoms with Gasteiger partial charge in [0.2, 0.25) is 15.9 Å². The molecule has 0 radical (unpaired) electrons. The van der Waals surface area contributed by atoms with Crippen molar-refractivity contribution >= 4 is 33.5 Å². The molecule has 0 unspecified atom stereocenters. The number of halogens is 1. The summed E-state index contributed by atoms with van der Waals surface area (Å²) >= 11 is 6.13. The van der Waals surface area contributed by atoms with Crippen molar-refractivity contribution < 1.29 is 22.7 Å². The number of hydrogen-bond acceptors (Lipinski definition) is 5. The fourth-order valence-corrected chi connectivity index (χ4v) is 5.62. The minimum atomic E-state index is -3.79. The average Bonchev–Trinajstić information content (AvgIpc) is 3.21. The van der Waals surface area contributed by atoms with Crippen LogP contribution in [0.2, 0.25) is 5.02 Å². The van der Waals surface area contributed by atoms with Gasteiger partial charge in [0.05, 0.1) is 17.7 Å². The number of rotatable bonds is 4. The molecular weight excluding hydrogens is 392 g/mol. The lowest BCUT2D eigenvalue weighted by Crippen LogP contribution is -2.43. The number of piperidine rings is 1. The Labute approximate surface area is 164 Å². The van der Waals surface area contributed by atoms with Crippen molar-refractivity contribution in [2.24, 2.45) is 5.92 Å². The number of amides is 1. The van der Waals surface area contributed by atoms with Crippen LogP contribution in [0.25, 0.3) is 0 Å². The lowest BCUT2D eigenvalue weighted by molar-refractivity contribution is -0.135. The highest BCUT2D eigenvalue weighted by Gasteiger charge is 2.35. The standard InChI is InChI=1S/C18H23ClN2O5S/c1-26-18(23)14-4-5-16(15(19)12-14)27(24,25)21-10-6-13(7-11-21)17(22)20-8-2-3-9-20/h4-5,12-13H,2-3,6-11H2,1H3. The average molecular weight is 415 g/mol. The summed E-state index contributed by atoms with van der Waals surface area (Å²) in [6, 6.07) is 4.00. The first-order chi connectivity index (χ1) is 12.8. The number of hydrogen-bond donors (Lipinski definition) is 0. The molecule has 0 aliphatic carbocycles. The zero-order valence-corrected chi connectivity index (χ0v) is 16.8. The van der Waals surface area contributed by atoms with Crippen molar-refractivity contribution in [3.8, 4) is 0 Å². The van der Waals surface area contributed by atoms with E-state index in [4.69, 9.17) is 11.6 Å². The van der Waals surface area contributed by atoms with Gasteiger partial charge < -0.3 is 9.64 Å². The zero-order valence-electron chi connectivity index (χ0n) is 15.2. The first kappa shape index (κ1) is 20.1. The van der Waals surface area contributed by atoms with Gasteiger partial charge in [-0.2, -0.15) is 4.31 Å². The molecule has 9 heteroatoms. The van der Waals surface area contributed by atoms with Crippen LogP contribution in [0.15, 0.2) is 23.1 Å². The monoisotopic (exact) mass is 414 g/mol. The maximum atomic E-state index is 12.9. The van der Waals surface area contributed by atoms with E-state index in [-0.39, 0.29) is 40.4 Å². The van der Waals surface area contributed by atoms with Crippen molar-refractivity contribution in [2.45, 2.75) is 30.6 Å². The van der Waals surface area contributed by atoms with Crippen LogP contribution < -0.4 is 0 Å². The molecule has 2 aliphatic rings. The van der Waals surface area contributed by atoms with Crippen molar-refractivity contribution in [1.82, 2.24) is 9.21 Å². The van der Waals surface area contributed by atoms with Crippen molar-refractivity contribution in [1.29, 1.82) is 0 Å². The molecule has 0 saturated carbocycles. The van der Waals surface area contributed by atoms with Gasteiger partial charge in [-0.1, -0.05) is 11.6 Å². The maximum Gasteiger partial charge on any atom is 0.337 e. The summed E-state index contributed by atoms with van der Waals surface area (Å²) in [5.41, 5.74) is 0.191. The van der Waals surface area contributed by atoms with Crippen LogP contribution in [0, 0.1) is 5.92 Å². The van der Waals surface area contributed by atoms with Crippen LogP contribution in [0.5, 0.6) is 0 Å². The van der Waals surface area contributed by atoms with E-state index in [1.165, 1.54) is 29.6 Å². The molecule has 1 aromatic carbocycles. The highest BCUT2D eigenvalue weighted by atomic mass is 35.5. The van der Waals surface area contributed by atoms with E-state index >= 15 is 0 Å². The molecule has 148 valence electrons. The van der Waals surface area contributed by atoms with Crippen LogP contribution >= 0.6 is 11.6 Å². The van der Waals surface area contributed by atoms with Crippen molar-refractivity contribution in [2.75, 3.05) is 33.3 Å². The first-order valence-corrected chi connectivity index (χ1v) is 10.8. The Bertz CT molecular complexity index is 828. The van der Waals surface area contributed by atoms with Crippen LogP contribution in [-0.2, 0) is 19.6 Å². The van der Waals surface area contributed by atoms with Gasteiger partial charge in [0.1, 0.15) is 4.90 Å². The second-order valence-corrected chi connectivity index (χ2v) is 9.16. The summed E-state index contributed by atoms with van der Waals surface area (Å²) in [5.74, 6) is -0.557. The molecular formula is C18H23ClN2O5S. The quantitative estimate of drug-likeness (QED) is 0.705. The van der Waals surface area contributed by atoms with Crippen LogP contribution in [-0.4, -0.2) is 62.8 Å². The maximum absolute atomic E-state index is 12.9. The van der Waals surface area contributed by atoms with E-state index in [9.17, 15) is 18.0 Å². The summed E-state index contributed by atoms with van der Waals surface area (Å²) in [6.45, 7) is 2.17. The van der Waals surface area contributed by atoms with Gasteiger partial charge in [-0.3, -0.25) is 4.79 Å². The fraction of sp³-hybridized carbons (Fsp3) is 0.556. The summed E-state index contributed by atoms with van der Waals surface area (Å²) in [6.07, 6.45) is 3.09. The SMILES string of the molecule is COC(=O)c1ccc(S(=O)(=O)N2CCC(C(=O)N3CCCC3)CC2)c(Cl)c1. The Hall–Kier alpha value is -1.64. The third-order valence-electron chi connectivity index (χ3n) is 5.19. The first-order valence-electron chi connectivity index (χ1n) is 9.01. The molecule has 2 heterocycles. The van der Waals surface area contributed by atoms with E-state index < -0.39 is 16.0 Å². The number of likely N-dealkylation sites (tertiary alicyclic amines) is 1. The summed E-state index contributed by atoms with van der Waals surface area (Å²) < 4.78 is 31.8. The van der Waals surface area contributed by atoms with E-state index in [0.717, 1.165) is 25.9 Å². The Morgan fingerprint density at radius 2 is 1.74 bits per heavy atom. The molecule has 0 bridgehead atoms. The number of carbonyl (C=O) groups is 2. The number of carbonyl (C=O) groups excluding carboxylic acids is 2. The van der Waals surface area contributed by atoms with E-state index in [2.05, 4.69) is 4.74 Å².